The number of carbonyl (C=O) groups is 2. The zero-order chi connectivity index (χ0) is 27.9. The SMILES string of the molecule is CC[C@H](C(=O)NC(C)C)N(Cc1ccc(F)cc1)C(=O)CN(c1ccc(F)cc1)S(=O)(=O)c1ccccc1. The van der Waals surface area contributed by atoms with Crippen LogP contribution >= 0.6 is 0 Å². The Labute approximate surface area is 222 Å². The number of anilines is 1. The van der Waals surface area contributed by atoms with E-state index >= 15 is 0 Å². The van der Waals surface area contributed by atoms with Crippen LogP contribution in [0.3, 0.4) is 0 Å². The van der Waals surface area contributed by atoms with E-state index in [4.69, 9.17) is 0 Å². The molecule has 3 aromatic carbocycles. The Balaban J connectivity index is 2.04. The maximum atomic E-state index is 13.8. The first kappa shape index (κ1) is 28.8. The number of rotatable bonds is 11. The molecule has 0 aromatic heterocycles. The molecule has 202 valence electrons. The molecule has 2 amide bonds. The molecule has 0 fully saturated rings. The topological polar surface area (TPSA) is 86.8 Å². The summed E-state index contributed by atoms with van der Waals surface area (Å²) in [5, 5.41) is 2.80. The van der Waals surface area contributed by atoms with Crippen molar-refractivity contribution in [2.24, 2.45) is 0 Å². The molecule has 0 heterocycles. The quantitative estimate of drug-likeness (QED) is 0.386. The molecule has 0 aliphatic rings. The summed E-state index contributed by atoms with van der Waals surface area (Å²) < 4.78 is 55.3. The summed E-state index contributed by atoms with van der Waals surface area (Å²) in [5.74, 6) is -2.06. The monoisotopic (exact) mass is 543 g/mol. The van der Waals surface area contributed by atoms with Crippen molar-refractivity contribution < 1.29 is 26.8 Å². The van der Waals surface area contributed by atoms with E-state index in [1.165, 1.54) is 53.4 Å². The van der Waals surface area contributed by atoms with Gasteiger partial charge in [0, 0.05) is 12.6 Å². The van der Waals surface area contributed by atoms with Crippen LogP contribution in [0.4, 0.5) is 14.5 Å². The lowest BCUT2D eigenvalue weighted by Crippen LogP contribution is -2.53. The van der Waals surface area contributed by atoms with Crippen molar-refractivity contribution in [3.63, 3.8) is 0 Å². The maximum Gasteiger partial charge on any atom is 0.264 e. The summed E-state index contributed by atoms with van der Waals surface area (Å²) in [7, 11) is -4.23. The number of amides is 2. The Bertz CT molecular complexity index is 1330. The van der Waals surface area contributed by atoms with E-state index in [1.807, 2.05) is 0 Å². The summed E-state index contributed by atoms with van der Waals surface area (Å²) in [5.41, 5.74) is 0.653. The fraction of sp³-hybridized carbons (Fsp3) is 0.286. The molecule has 7 nitrogen and oxygen atoms in total. The average Bonchev–Trinajstić information content (AvgIpc) is 2.89. The van der Waals surface area contributed by atoms with Crippen LogP contribution in [-0.2, 0) is 26.2 Å². The third kappa shape index (κ3) is 7.16. The second kappa shape index (κ2) is 12.6. The Morgan fingerprint density at radius 1 is 0.868 bits per heavy atom. The lowest BCUT2D eigenvalue weighted by atomic mass is 10.1. The molecule has 10 heteroatoms. The van der Waals surface area contributed by atoms with Gasteiger partial charge in [-0.2, -0.15) is 0 Å². The number of halogens is 2. The number of hydrogen-bond acceptors (Lipinski definition) is 4. The molecule has 1 N–H and O–H groups in total. The number of carbonyl (C=O) groups excluding carboxylic acids is 2. The third-order valence-electron chi connectivity index (χ3n) is 5.81. The van der Waals surface area contributed by atoms with Crippen LogP contribution in [0.5, 0.6) is 0 Å². The number of sulfonamides is 1. The second-order valence-corrected chi connectivity index (χ2v) is 10.9. The predicted molar refractivity (Wildman–Crippen MR) is 142 cm³/mol. The van der Waals surface area contributed by atoms with Crippen molar-refractivity contribution in [2.45, 2.75) is 50.7 Å². The first-order chi connectivity index (χ1) is 18.0. The number of nitrogens with zero attached hydrogens (tertiary/aromatic N) is 2. The summed E-state index contributed by atoms with van der Waals surface area (Å²) in [6.45, 7) is 4.63. The van der Waals surface area contributed by atoms with Gasteiger partial charge in [0.2, 0.25) is 11.8 Å². The molecule has 3 rings (SSSR count). The van der Waals surface area contributed by atoms with Gasteiger partial charge in [-0.1, -0.05) is 37.3 Å². The number of nitrogens with one attached hydrogen (secondary N) is 1. The van der Waals surface area contributed by atoms with Crippen molar-refractivity contribution in [1.82, 2.24) is 10.2 Å². The predicted octanol–water partition coefficient (Wildman–Crippen LogP) is 4.49. The van der Waals surface area contributed by atoms with Gasteiger partial charge >= 0.3 is 0 Å². The van der Waals surface area contributed by atoms with Crippen LogP contribution in [0, 0.1) is 11.6 Å². The van der Waals surface area contributed by atoms with E-state index in [0.717, 1.165) is 16.4 Å². The van der Waals surface area contributed by atoms with Gasteiger partial charge in [-0.05, 0) is 74.4 Å². The lowest BCUT2D eigenvalue weighted by molar-refractivity contribution is -0.140. The van der Waals surface area contributed by atoms with Gasteiger partial charge in [0.1, 0.15) is 24.2 Å². The van der Waals surface area contributed by atoms with Gasteiger partial charge in [0.05, 0.1) is 10.6 Å². The lowest BCUT2D eigenvalue weighted by Gasteiger charge is -2.33. The van der Waals surface area contributed by atoms with Gasteiger partial charge in [-0.15, -0.1) is 0 Å². The van der Waals surface area contributed by atoms with E-state index in [-0.39, 0.29) is 29.6 Å². The van der Waals surface area contributed by atoms with Crippen LogP contribution in [0.15, 0.2) is 83.8 Å². The first-order valence-electron chi connectivity index (χ1n) is 12.2. The Morgan fingerprint density at radius 3 is 1.95 bits per heavy atom. The summed E-state index contributed by atoms with van der Waals surface area (Å²) in [6, 6.07) is 16.7. The largest absolute Gasteiger partial charge is 0.352 e. The highest BCUT2D eigenvalue weighted by Crippen LogP contribution is 2.25. The fourth-order valence-corrected chi connectivity index (χ4v) is 5.38. The molecular weight excluding hydrogens is 512 g/mol. The molecule has 0 bridgehead atoms. The molecule has 3 aromatic rings. The Kier molecular flexibility index (Phi) is 9.57. The van der Waals surface area contributed by atoms with E-state index in [9.17, 15) is 26.8 Å². The number of benzene rings is 3. The molecule has 0 unspecified atom stereocenters. The molecular formula is C28H31F2N3O4S. The van der Waals surface area contributed by atoms with Crippen LogP contribution in [-0.4, -0.2) is 43.8 Å². The van der Waals surface area contributed by atoms with E-state index in [2.05, 4.69) is 5.32 Å². The van der Waals surface area contributed by atoms with Crippen LogP contribution < -0.4 is 9.62 Å². The highest BCUT2D eigenvalue weighted by Gasteiger charge is 2.33. The minimum Gasteiger partial charge on any atom is -0.352 e. The average molecular weight is 544 g/mol. The maximum absolute atomic E-state index is 13.8. The normalized spacial score (nSPS) is 12.2. The molecule has 38 heavy (non-hydrogen) atoms. The second-order valence-electron chi connectivity index (χ2n) is 9.04. The third-order valence-corrected chi connectivity index (χ3v) is 7.60. The minimum atomic E-state index is -4.23. The highest BCUT2D eigenvalue weighted by molar-refractivity contribution is 7.92. The van der Waals surface area contributed by atoms with Gasteiger partial charge < -0.3 is 10.2 Å². The summed E-state index contributed by atoms with van der Waals surface area (Å²) >= 11 is 0. The van der Waals surface area contributed by atoms with Gasteiger partial charge in [0.15, 0.2) is 0 Å². The van der Waals surface area contributed by atoms with Crippen LogP contribution in [0.2, 0.25) is 0 Å². The van der Waals surface area contributed by atoms with Gasteiger partial charge in [0.25, 0.3) is 10.0 Å². The molecule has 0 radical (unpaired) electrons. The first-order valence-corrected chi connectivity index (χ1v) is 13.6. The summed E-state index contributed by atoms with van der Waals surface area (Å²) in [4.78, 5) is 28.1. The standard InChI is InChI=1S/C28H31F2N3O4S/c1-4-26(28(35)31-20(2)3)32(18-21-10-12-22(29)13-11-21)27(34)19-33(24-16-14-23(30)15-17-24)38(36,37)25-8-6-5-7-9-25/h5-17,20,26H,4,18-19H2,1-3H3,(H,31,35)/t26-/m1/s1. The van der Waals surface area contributed by atoms with Crippen molar-refractivity contribution in [2.75, 3.05) is 10.8 Å². The molecule has 1 atom stereocenters. The van der Waals surface area contributed by atoms with E-state index in [0.29, 0.717) is 5.56 Å². The molecule has 0 spiro atoms. The molecule has 0 saturated heterocycles. The van der Waals surface area contributed by atoms with E-state index in [1.54, 1.807) is 39.0 Å². The number of hydrogen-bond donors (Lipinski definition) is 1. The fourth-order valence-electron chi connectivity index (χ4n) is 3.94. The van der Waals surface area contributed by atoms with Crippen molar-refractivity contribution in [1.29, 1.82) is 0 Å². The molecule has 0 saturated carbocycles. The van der Waals surface area contributed by atoms with Gasteiger partial charge in [-0.3, -0.25) is 13.9 Å². The Morgan fingerprint density at radius 2 is 1.42 bits per heavy atom. The van der Waals surface area contributed by atoms with Crippen LogP contribution in [0.1, 0.15) is 32.8 Å². The Hall–Kier alpha value is -3.79. The van der Waals surface area contributed by atoms with Gasteiger partial charge in [-0.25, -0.2) is 17.2 Å². The summed E-state index contributed by atoms with van der Waals surface area (Å²) in [6.07, 6.45) is 0.257. The molecule has 0 aliphatic carbocycles. The zero-order valence-corrected chi connectivity index (χ0v) is 22.3. The van der Waals surface area contributed by atoms with Crippen molar-refractivity contribution >= 4 is 27.5 Å². The van der Waals surface area contributed by atoms with Crippen LogP contribution in [0.25, 0.3) is 0 Å². The molecule has 0 aliphatic heterocycles. The minimum absolute atomic E-state index is 0.0493. The smallest absolute Gasteiger partial charge is 0.264 e. The zero-order valence-electron chi connectivity index (χ0n) is 21.5. The van der Waals surface area contributed by atoms with Crippen molar-refractivity contribution in [3.8, 4) is 0 Å². The highest BCUT2D eigenvalue weighted by atomic mass is 32.2. The van der Waals surface area contributed by atoms with Crippen molar-refractivity contribution in [3.05, 3.63) is 96.1 Å². The van der Waals surface area contributed by atoms with E-state index < -0.39 is 46.1 Å².